The molecule has 6 heteroatoms. The highest BCUT2D eigenvalue weighted by Crippen LogP contribution is 2.28. The Balaban J connectivity index is 2.26. The van der Waals surface area contributed by atoms with Gasteiger partial charge in [0.25, 0.3) is 0 Å². The second-order valence-corrected chi connectivity index (χ2v) is 4.51. The number of aromatic nitrogens is 2. The number of aryl methyl sites for hydroxylation is 1. The third-order valence-corrected chi connectivity index (χ3v) is 3.21. The van der Waals surface area contributed by atoms with Gasteiger partial charge in [-0.05, 0) is 28.4 Å². The van der Waals surface area contributed by atoms with E-state index in [1.807, 2.05) is 23.1 Å². The van der Waals surface area contributed by atoms with Crippen molar-refractivity contribution in [2.45, 2.75) is 25.9 Å². The number of furan rings is 1. The molecular formula is C11H15BrN4O. The van der Waals surface area contributed by atoms with Crippen molar-refractivity contribution in [3.05, 3.63) is 40.5 Å². The molecule has 17 heavy (non-hydrogen) atoms. The Hall–Kier alpha value is -1.11. The van der Waals surface area contributed by atoms with E-state index in [1.165, 1.54) is 0 Å². The van der Waals surface area contributed by atoms with E-state index in [9.17, 15) is 0 Å². The first-order valence-corrected chi connectivity index (χ1v) is 6.27. The maximum absolute atomic E-state index is 5.60. The fraction of sp³-hybridized carbons (Fsp3) is 0.364. The fourth-order valence-electron chi connectivity index (χ4n) is 1.76. The largest absolute Gasteiger partial charge is 0.457 e. The molecule has 0 radical (unpaired) electrons. The van der Waals surface area contributed by atoms with E-state index in [-0.39, 0.29) is 6.04 Å². The second-order valence-electron chi connectivity index (χ2n) is 3.79. The quantitative estimate of drug-likeness (QED) is 0.656. The molecule has 1 unspecified atom stereocenters. The predicted octanol–water partition coefficient (Wildman–Crippen LogP) is 2.20. The summed E-state index contributed by atoms with van der Waals surface area (Å²) in [4.78, 5) is 0. The van der Waals surface area contributed by atoms with Crippen LogP contribution in [0, 0.1) is 0 Å². The van der Waals surface area contributed by atoms with Gasteiger partial charge in [0.2, 0.25) is 0 Å². The molecule has 0 bridgehead atoms. The summed E-state index contributed by atoms with van der Waals surface area (Å²) in [6, 6.07) is 1.76. The number of rotatable bonds is 5. The van der Waals surface area contributed by atoms with Crippen LogP contribution >= 0.6 is 15.9 Å². The van der Waals surface area contributed by atoms with Gasteiger partial charge in [-0.1, -0.05) is 6.92 Å². The molecule has 0 aliphatic carbocycles. The molecular weight excluding hydrogens is 284 g/mol. The van der Waals surface area contributed by atoms with Crippen LogP contribution in [-0.2, 0) is 6.54 Å². The third kappa shape index (κ3) is 2.59. The molecule has 0 aromatic carbocycles. The molecule has 0 spiro atoms. The van der Waals surface area contributed by atoms with Gasteiger partial charge in [-0.3, -0.25) is 10.5 Å². The lowest BCUT2D eigenvalue weighted by Crippen LogP contribution is -2.28. The van der Waals surface area contributed by atoms with Crippen molar-refractivity contribution in [1.29, 1.82) is 0 Å². The fourth-order valence-corrected chi connectivity index (χ4v) is 2.22. The molecule has 2 rings (SSSR count). The Bertz CT molecular complexity index is 479. The van der Waals surface area contributed by atoms with Crippen LogP contribution in [0.4, 0.5) is 0 Å². The van der Waals surface area contributed by atoms with E-state index in [2.05, 4.69) is 33.4 Å². The maximum atomic E-state index is 5.60. The minimum absolute atomic E-state index is 0.117. The molecule has 5 nitrogen and oxygen atoms in total. The van der Waals surface area contributed by atoms with Crippen molar-refractivity contribution in [3.63, 3.8) is 0 Å². The summed E-state index contributed by atoms with van der Waals surface area (Å²) in [5, 5.41) is 4.29. The van der Waals surface area contributed by atoms with Crippen LogP contribution in [0.5, 0.6) is 0 Å². The first-order valence-electron chi connectivity index (χ1n) is 5.47. The number of hydrogen-bond acceptors (Lipinski definition) is 4. The third-order valence-electron chi connectivity index (χ3n) is 2.56. The Labute approximate surface area is 108 Å². The summed E-state index contributed by atoms with van der Waals surface area (Å²) in [6.07, 6.45) is 6.49. The number of halogens is 1. The standard InChI is InChI=1S/C11H15BrN4O/c1-2-4-16-7-8(6-14-16)10(15-13)9-3-5-17-11(9)12/h3,5-7,10,15H,2,4,13H2,1H3. The van der Waals surface area contributed by atoms with Crippen LogP contribution in [0.15, 0.2) is 33.8 Å². The van der Waals surface area contributed by atoms with Gasteiger partial charge >= 0.3 is 0 Å². The lowest BCUT2D eigenvalue weighted by atomic mass is 10.1. The zero-order valence-corrected chi connectivity index (χ0v) is 11.1. The van der Waals surface area contributed by atoms with E-state index in [4.69, 9.17) is 10.3 Å². The van der Waals surface area contributed by atoms with Crippen molar-refractivity contribution in [3.8, 4) is 0 Å². The SMILES string of the molecule is CCCn1cc(C(NN)c2ccoc2Br)cn1. The zero-order chi connectivity index (χ0) is 12.3. The molecule has 0 aliphatic heterocycles. The van der Waals surface area contributed by atoms with Crippen LogP contribution in [0.25, 0.3) is 0 Å². The molecule has 92 valence electrons. The molecule has 0 amide bonds. The van der Waals surface area contributed by atoms with Gasteiger partial charge in [0, 0.05) is 23.9 Å². The predicted molar refractivity (Wildman–Crippen MR) is 68.1 cm³/mol. The summed E-state index contributed by atoms with van der Waals surface area (Å²) >= 11 is 3.35. The first kappa shape index (κ1) is 12.3. The number of hydrogen-bond donors (Lipinski definition) is 2. The van der Waals surface area contributed by atoms with Gasteiger partial charge < -0.3 is 4.42 Å². The van der Waals surface area contributed by atoms with Crippen LogP contribution < -0.4 is 11.3 Å². The number of hydrazine groups is 1. The molecule has 0 saturated heterocycles. The molecule has 1 atom stereocenters. The monoisotopic (exact) mass is 298 g/mol. The van der Waals surface area contributed by atoms with Crippen molar-refractivity contribution >= 4 is 15.9 Å². The van der Waals surface area contributed by atoms with Crippen molar-refractivity contribution < 1.29 is 4.42 Å². The van der Waals surface area contributed by atoms with Crippen molar-refractivity contribution in [1.82, 2.24) is 15.2 Å². The smallest absolute Gasteiger partial charge is 0.174 e. The van der Waals surface area contributed by atoms with Gasteiger partial charge in [-0.15, -0.1) is 0 Å². The van der Waals surface area contributed by atoms with Crippen molar-refractivity contribution in [2.75, 3.05) is 0 Å². The molecule has 2 heterocycles. The average molecular weight is 299 g/mol. The van der Waals surface area contributed by atoms with Crippen LogP contribution in [-0.4, -0.2) is 9.78 Å². The molecule has 2 aromatic rings. The van der Waals surface area contributed by atoms with Gasteiger partial charge in [0.1, 0.15) is 0 Å². The second kappa shape index (κ2) is 5.48. The van der Waals surface area contributed by atoms with Crippen molar-refractivity contribution in [2.24, 2.45) is 5.84 Å². The van der Waals surface area contributed by atoms with Crippen LogP contribution in [0.3, 0.4) is 0 Å². The molecule has 0 aliphatic rings. The van der Waals surface area contributed by atoms with E-state index in [0.29, 0.717) is 4.67 Å². The lowest BCUT2D eigenvalue weighted by Gasteiger charge is -2.12. The molecule has 3 N–H and O–H groups in total. The Morgan fingerprint density at radius 1 is 1.65 bits per heavy atom. The summed E-state index contributed by atoms with van der Waals surface area (Å²) in [5.74, 6) is 5.60. The van der Waals surface area contributed by atoms with Gasteiger partial charge in [-0.2, -0.15) is 5.10 Å². The average Bonchev–Trinajstić information content (AvgIpc) is 2.92. The summed E-state index contributed by atoms with van der Waals surface area (Å²) in [6.45, 7) is 3.02. The number of nitrogens with two attached hydrogens (primary N) is 1. The minimum atomic E-state index is -0.117. The van der Waals surface area contributed by atoms with E-state index in [0.717, 1.165) is 24.1 Å². The summed E-state index contributed by atoms with van der Waals surface area (Å²) in [5.41, 5.74) is 4.75. The number of nitrogens with one attached hydrogen (secondary N) is 1. The van der Waals surface area contributed by atoms with E-state index in [1.54, 1.807) is 6.26 Å². The maximum Gasteiger partial charge on any atom is 0.174 e. The highest BCUT2D eigenvalue weighted by atomic mass is 79.9. The van der Waals surface area contributed by atoms with E-state index < -0.39 is 0 Å². The highest BCUT2D eigenvalue weighted by molar-refractivity contribution is 9.10. The molecule has 2 aromatic heterocycles. The van der Waals surface area contributed by atoms with Gasteiger partial charge in [0.05, 0.1) is 18.5 Å². The minimum Gasteiger partial charge on any atom is -0.457 e. The zero-order valence-electron chi connectivity index (χ0n) is 9.56. The molecule has 0 saturated carbocycles. The Kier molecular flexibility index (Phi) is 3.98. The van der Waals surface area contributed by atoms with Gasteiger partial charge in [-0.25, -0.2) is 5.43 Å². The van der Waals surface area contributed by atoms with Crippen LogP contribution in [0.1, 0.15) is 30.5 Å². The Morgan fingerprint density at radius 2 is 2.47 bits per heavy atom. The summed E-state index contributed by atoms with van der Waals surface area (Å²) < 4.78 is 7.81. The molecule has 0 fully saturated rings. The Morgan fingerprint density at radius 3 is 3.06 bits per heavy atom. The first-order chi connectivity index (χ1) is 8.26. The topological polar surface area (TPSA) is 69.0 Å². The highest BCUT2D eigenvalue weighted by Gasteiger charge is 2.18. The van der Waals surface area contributed by atoms with Gasteiger partial charge in [0.15, 0.2) is 4.67 Å². The van der Waals surface area contributed by atoms with E-state index >= 15 is 0 Å². The lowest BCUT2D eigenvalue weighted by molar-refractivity contribution is 0.526. The van der Waals surface area contributed by atoms with Crippen LogP contribution in [0.2, 0.25) is 0 Å². The normalized spacial score (nSPS) is 12.9. The number of nitrogens with zero attached hydrogens (tertiary/aromatic N) is 2. The summed E-state index contributed by atoms with van der Waals surface area (Å²) in [7, 11) is 0.